The normalized spacial score (nSPS) is 24.7. The molecule has 0 radical (unpaired) electrons. The fourth-order valence-corrected chi connectivity index (χ4v) is 4.97. The molecule has 4 rings (SSSR count). The molecule has 7 nitrogen and oxygen atoms in total. The van der Waals surface area contributed by atoms with Crippen molar-refractivity contribution in [2.75, 3.05) is 19.8 Å². The Morgan fingerprint density at radius 3 is 2.62 bits per heavy atom. The molecule has 0 aromatic carbocycles. The molecule has 0 amide bonds. The lowest BCUT2D eigenvalue weighted by molar-refractivity contribution is 0.0487. The van der Waals surface area contributed by atoms with E-state index in [4.69, 9.17) is 14.8 Å². The zero-order chi connectivity index (χ0) is 20.2. The Morgan fingerprint density at radius 2 is 1.93 bits per heavy atom. The van der Waals surface area contributed by atoms with Crippen LogP contribution in [0.5, 0.6) is 0 Å². The van der Waals surface area contributed by atoms with Crippen molar-refractivity contribution < 1.29 is 9.84 Å². The summed E-state index contributed by atoms with van der Waals surface area (Å²) in [6, 6.07) is 0.325. The van der Waals surface area contributed by atoms with Gasteiger partial charge in [-0.3, -0.25) is 4.68 Å². The molecule has 1 saturated heterocycles. The Kier molecular flexibility index (Phi) is 6.65. The van der Waals surface area contributed by atoms with E-state index in [1.165, 1.54) is 32.1 Å². The first kappa shape index (κ1) is 20.5. The molecule has 29 heavy (non-hydrogen) atoms. The van der Waals surface area contributed by atoms with Crippen LogP contribution in [0.25, 0.3) is 11.4 Å². The van der Waals surface area contributed by atoms with Gasteiger partial charge >= 0.3 is 0 Å². The van der Waals surface area contributed by atoms with E-state index in [0.29, 0.717) is 24.4 Å². The average Bonchev–Trinajstić information content (AvgIpc) is 3.41. The van der Waals surface area contributed by atoms with Crippen LogP contribution in [0.3, 0.4) is 0 Å². The number of rotatable bonds is 7. The van der Waals surface area contributed by atoms with Crippen molar-refractivity contribution in [3.63, 3.8) is 0 Å². The maximum atomic E-state index is 9.17. The second kappa shape index (κ2) is 9.39. The number of hydrogen-bond acceptors (Lipinski definition) is 5. The predicted octanol–water partition coefficient (Wildman–Crippen LogP) is 3.81. The van der Waals surface area contributed by atoms with Gasteiger partial charge in [0, 0.05) is 25.3 Å². The maximum absolute atomic E-state index is 9.17. The van der Waals surface area contributed by atoms with E-state index in [9.17, 15) is 5.11 Å². The molecular formula is C22H35N5O2. The standard InChI is InChI=1S/C22H35N5O2/c1-3-17-4-6-19(7-5-17)22-24-21(20-14-23-26(15-20)10-11-28)25-27(22)16(2)18-8-12-29-13-9-18/h14-19,28H,3-13H2,1-2H3. The zero-order valence-corrected chi connectivity index (χ0v) is 17.8. The summed E-state index contributed by atoms with van der Waals surface area (Å²) in [7, 11) is 0. The summed E-state index contributed by atoms with van der Waals surface area (Å²) in [5.41, 5.74) is 0.930. The molecular weight excluding hydrogens is 366 g/mol. The third-order valence-corrected chi connectivity index (χ3v) is 7.00. The summed E-state index contributed by atoms with van der Waals surface area (Å²) in [5, 5.41) is 18.5. The van der Waals surface area contributed by atoms with E-state index in [1.54, 1.807) is 4.68 Å². The maximum Gasteiger partial charge on any atom is 0.184 e. The van der Waals surface area contributed by atoms with Crippen LogP contribution in [0.15, 0.2) is 12.4 Å². The topological polar surface area (TPSA) is 78.0 Å². The smallest absolute Gasteiger partial charge is 0.184 e. The molecule has 0 bridgehead atoms. The minimum absolute atomic E-state index is 0.0791. The first-order valence-electron chi connectivity index (χ1n) is 11.4. The summed E-state index contributed by atoms with van der Waals surface area (Å²) >= 11 is 0. The van der Waals surface area contributed by atoms with Crippen LogP contribution >= 0.6 is 0 Å². The Labute approximate surface area is 173 Å². The van der Waals surface area contributed by atoms with E-state index < -0.39 is 0 Å². The van der Waals surface area contributed by atoms with Crippen molar-refractivity contribution in [3.05, 3.63) is 18.2 Å². The van der Waals surface area contributed by atoms with Gasteiger partial charge in [-0.1, -0.05) is 13.3 Å². The Balaban J connectivity index is 1.62. The van der Waals surface area contributed by atoms with Crippen molar-refractivity contribution in [1.29, 1.82) is 0 Å². The lowest BCUT2D eigenvalue weighted by Crippen LogP contribution is -2.27. The molecule has 2 aliphatic rings. The summed E-state index contributed by atoms with van der Waals surface area (Å²) in [4.78, 5) is 5.05. The van der Waals surface area contributed by atoms with Gasteiger partial charge < -0.3 is 9.84 Å². The van der Waals surface area contributed by atoms with Crippen molar-refractivity contribution in [1.82, 2.24) is 24.5 Å². The van der Waals surface area contributed by atoms with Crippen molar-refractivity contribution in [2.45, 2.75) is 77.3 Å². The summed E-state index contributed by atoms with van der Waals surface area (Å²) in [6.45, 7) is 6.87. The van der Waals surface area contributed by atoms with Gasteiger partial charge in [0.2, 0.25) is 0 Å². The number of ether oxygens (including phenoxy) is 1. The molecule has 7 heteroatoms. The SMILES string of the molecule is CCC1CCC(c2nc(-c3cnn(CCO)c3)nn2C(C)C2CCOCC2)CC1. The molecule has 3 heterocycles. The fourth-order valence-electron chi connectivity index (χ4n) is 4.97. The van der Waals surface area contributed by atoms with Gasteiger partial charge in [0.1, 0.15) is 5.82 Å². The monoisotopic (exact) mass is 401 g/mol. The highest BCUT2D eigenvalue weighted by Crippen LogP contribution is 2.39. The van der Waals surface area contributed by atoms with Gasteiger partial charge in [-0.2, -0.15) is 10.2 Å². The zero-order valence-electron chi connectivity index (χ0n) is 17.8. The highest BCUT2D eigenvalue weighted by molar-refractivity contribution is 5.51. The minimum Gasteiger partial charge on any atom is -0.394 e. The Bertz CT molecular complexity index is 772. The molecule has 1 atom stereocenters. The van der Waals surface area contributed by atoms with Crippen LogP contribution in [0, 0.1) is 11.8 Å². The van der Waals surface area contributed by atoms with Gasteiger partial charge in [-0.25, -0.2) is 9.67 Å². The lowest BCUT2D eigenvalue weighted by Gasteiger charge is -2.31. The van der Waals surface area contributed by atoms with Crippen LogP contribution in [-0.2, 0) is 11.3 Å². The van der Waals surface area contributed by atoms with E-state index in [1.807, 2.05) is 12.4 Å². The highest BCUT2D eigenvalue weighted by atomic mass is 16.5. The summed E-state index contributed by atoms with van der Waals surface area (Å²) in [6.07, 6.45) is 12.2. The quantitative estimate of drug-likeness (QED) is 0.763. The van der Waals surface area contributed by atoms with Gasteiger partial charge in [0.05, 0.1) is 31.0 Å². The van der Waals surface area contributed by atoms with E-state index in [-0.39, 0.29) is 6.61 Å². The third-order valence-electron chi connectivity index (χ3n) is 7.00. The molecule has 2 fully saturated rings. The van der Waals surface area contributed by atoms with Crippen LogP contribution < -0.4 is 0 Å². The first-order chi connectivity index (χ1) is 14.2. The molecule has 2 aromatic heterocycles. The fraction of sp³-hybridized carbons (Fsp3) is 0.773. The number of aliphatic hydroxyl groups is 1. The highest BCUT2D eigenvalue weighted by Gasteiger charge is 2.31. The van der Waals surface area contributed by atoms with Gasteiger partial charge in [0.25, 0.3) is 0 Å². The van der Waals surface area contributed by atoms with Crippen molar-refractivity contribution in [2.24, 2.45) is 11.8 Å². The van der Waals surface area contributed by atoms with Crippen LogP contribution in [0.4, 0.5) is 0 Å². The van der Waals surface area contributed by atoms with Gasteiger partial charge in [-0.05, 0) is 57.3 Å². The third kappa shape index (κ3) is 4.56. The molecule has 0 spiro atoms. The largest absolute Gasteiger partial charge is 0.394 e. The number of aromatic nitrogens is 5. The van der Waals surface area contributed by atoms with Crippen LogP contribution in [-0.4, -0.2) is 49.5 Å². The molecule has 1 saturated carbocycles. The second-order valence-electron chi connectivity index (χ2n) is 8.77. The second-order valence-corrected chi connectivity index (χ2v) is 8.77. The lowest BCUT2D eigenvalue weighted by atomic mass is 9.80. The molecule has 1 aliphatic heterocycles. The Hall–Kier alpha value is -1.73. The molecule has 1 aliphatic carbocycles. The summed E-state index contributed by atoms with van der Waals surface area (Å²) in [5.74, 6) is 3.87. The van der Waals surface area contributed by atoms with E-state index >= 15 is 0 Å². The minimum atomic E-state index is 0.0791. The van der Waals surface area contributed by atoms with E-state index in [2.05, 4.69) is 23.6 Å². The van der Waals surface area contributed by atoms with E-state index in [0.717, 1.165) is 49.2 Å². The first-order valence-corrected chi connectivity index (χ1v) is 11.4. The molecule has 2 aromatic rings. The number of hydrogen-bond donors (Lipinski definition) is 1. The van der Waals surface area contributed by atoms with Crippen molar-refractivity contribution >= 4 is 0 Å². The molecule has 1 N–H and O–H groups in total. The van der Waals surface area contributed by atoms with Gasteiger partial charge in [-0.15, -0.1) is 0 Å². The average molecular weight is 402 g/mol. The van der Waals surface area contributed by atoms with Crippen LogP contribution in [0.1, 0.15) is 76.6 Å². The molecule has 1 unspecified atom stereocenters. The summed E-state index contributed by atoms with van der Waals surface area (Å²) < 4.78 is 9.56. The van der Waals surface area contributed by atoms with Gasteiger partial charge in [0.15, 0.2) is 5.82 Å². The number of nitrogens with zero attached hydrogens (tertiary/aromatic N) is 5. The van der Waals surface area contributed by atoms with Crippen LogP contribution in [0.2, 0.25) is 0 Å². The Morgan fingerprint density at radius 1 is 1.17 bits per heavy atom. The van der Waals surface area contributed by atoms with Crippen molar-refractivity contribution in [3.8, 4) is 11.4 Å². The molecule has 160 valence electrons. The predicted molar refractivity (Wildman–Crippen MR) is 112 cm³/mol. The number of aliphatic hydroxyl groups excluding tert-OH is 1.